The van der Waals surface area contributed by atoms with Gasteiger partial charge in [0.2, 0.25) is 17.7 Å². The average Bonchev–Trinajstić information content (AvgIpc) is 2.67. The van der Waals surface area contributed by atoms with Gasteiger partial charge >= 0.3 is 0 Å². The highest BCUT2D eigenvalue weighted by Crippen LogP contribution is 2.20. The highest BCUT2D eigenvalue weighted by molar-refractivity contribution is 5.96. The van der Waals surface area contributed by atoms with Crippen molar-refractivity contribution < 1.29 is 14.4 Å². The smallest absolute Gasteiger partial charge is 0.243 e. The third-order valence-corrected chi connectivity index (χ3v) is 4.30. The Hall–Kier alpha value is -3.35. The van der Waals surface area contributed by atoms with Gasteiger partial charge < -0.3 is 21.3 Å². The minimum atomic E-state index is -0.490. The van der Waals surface area contributed by atoms with Gasteiger partial charge in [-0.25, -0.2) is 0 Å². The van der Waals surface area contributed by atoms with E-state index in [1.165, 1.54) is 0 Å². The number of carbonyl (C=O) groups excluding carboxylic acids is 3. The van der Waals surface area contributed by atoms with Gasteiger partial charge in [-0.3, -0.25) is 14.4 Å². The van der Waals surface area contributed by atoms with Crippen molar-refractivity contribution in [3.63, 3.8) is 0 Å². The van der Waals surface area contributed by atoms with Gasteiger partial charge in [0, 0.05) is 34.6 Å². The quantitative estimate of drug-likeness (QED) is 0.493. The van der Waals surface area contributed by atoms with Gasteiger partial charge in [0.1, 0.15) is 0 Å². The molecule has 0 aliphatic carbocycles. The van der Waals surface area contributed by atoms with Gasteiger partial charge in [-0.1, -0.05) is 40.7 Å². The second kappa shape index (κ2) is 10.6. The first-order chi connectivity index (χ1) is 14.5. The second-order valence-corrected chi connectivity index (χ2v) is 8.91. The molecule has 166 valence electrons. The molecule has 7 nitrogen and oxygen atoms in total. The van der Waals surface area contributed by atoms with Crippen LogP contribution in [-0.2, 0) is 14.4 Å². The second-order valence-electron chi connectivity index (χ2n) is 8.91. The van der Waals surface area contributed by atoms with Crippen LogP contribution in [0.1, 0.15) is 41.0 Å². The van der Waals surface area contributed by atoms with E-state index in [4.69, 9.17) is 0 Å². The minimum absolute atomic E-state index is 0.0306. The van der Waals surface area contributed by atoms with Crippen molar-refractivity contribution in [2.24, 2.45) is 11.3 Å². The Morgan fingerprint density at radius 1 is 0.774 bits per heavy atom. The summed E-state index contributed by atoms with van der Waals surface area (Å²) in [5.41, 5.74) is 2.23. The fourth-order valence-electron chi connectivity index (χ4n) is 2.63. The average molecular weight is 425 g/mol. The van der Waals surface area contributed by atoms with Crippen LogP contribution in [-0.4, -0.2) is 24.3 Å². The van der Waals surface area contributed by atoms with Crippen LogP contribution in [0, 0.1) is 11.3 Å². The maximum Gasteiger partial charge on any atom is 0.243 e. The van der Waals surface area contributed by atoms with E-state index in [0.29, 0.717) is 29.4 Å². The van der Waals surface area contributed by atoms with E-state index in [1.54, 1.807) is 36.4 Å². The number of hydrogen-bond donors (Lipinski definition) is 4. The van der Waals surface area contributed by atoms with Crippen molar-refractivity contribution in [1.82, 2.24) is 0 Å². The lowest BCUT2D eigenvalue weighted by Gasteiger charge is -2.18. The molecular weight excluding hydrogens is 392 g/mol. The van der Waals surface area contributed by atoms with Crippen molar-refractivity contribution in [3.8, 4) is 0 Å². The number of hydrogen-bond acceptors (Lipinski definition) is 4. The van der Waals surface area contributed by atoms with Crippen molar-refractivity contribution in [2.45, 2.75) is 41.0 Å². The summed E-state index contributed by atoms with van der Waals surface area (Å²) < 4.78 is 0. The molecule has 0 atom stereocenters. The first kappa shape index (κ1) is 23.9. The molecule has 0 spiro atoms. The largest absolute Gasteiger partial charge is 0.376 e. The summed E-state index contributed by atoms with van der Waals surface area (Å²) in [6.45, 7) is 9.60. The minimum Gasteiger partial charge on any atom is -0.376 e. The Morgan fingerprint density at radius 2 is 1.32 bits per heavy atom. The Morgan fingerprint density at radius 3 is 1.87 bits per heavy atom. The molecule has 3 amide bonds. The molecule has 0 fully saturated rings. The lowest BCUT2D eigenvalue weighted by Crippen LogP contribution is -2.27. The lowest BCUT2D eigenvalue weighted by molar-refractivity contribution is -0.123. The zero-order valence-electron chi connectivity index (χ0n) is 18.8. The van der Waals surface area contributed by atoms with Crippen LogP contribution in [0.3, 0.4) is 0 Å². The van der Waals surface area contributed by atoms with E-state index >= 15 is 0 Å². The number of amides is 3. The molecular formula is C24H32N4O3. The highest BCUT2D eigenvalue weighted by atomic mass is 16.2. The molecule has 2 rings (SSSR count). The van der Waals surface area contributed by atoms with Gasteiger partial charge in [0.15, 0.2) is 0 Å². The zero-order chi connectivity index (χ0) is 23.0. The van der Waals surface area contributed by atoms with Crippen LogP contribution < -0.4 is 21.3 Å². The predicted octanol–water partition coefficient (Wildman–Crippen LogP) is 4.71. The van der Waals surface area contributed by atoms with Crippen LogP contribution in [0.4, 0.5) is 22.7 Å². The van der Waals surface area contributed by atoms with Crippen molar-refractivity contribution >= 4 is 40.5 Å². The third kappa shape index (κ3) is 8.50. The van der Waals surface area contributed by atoms with E-state index in [9.17, 15) is 14.4 Å². The Balaban J connectivity index is 1.85. The molecule has 0 radical (unpaired) electrons. The standard InChI is InChI=1S/C24H32N4O3/c1-16(2)13-21(29)26-17-9-11-18(12-10-17)27-22(30)15-25-19-7-6-8-20(14-19)28-23(31)24(3,4)5/h6-12,14,16,25H,13,15H2,1-5H3,(H,26,29)(H,27,30)(H,28,31). The predicted molar refractivity (Wildman–Crippen MR) is 126 cm³/mol. The molecule has 0 unspecified atom stereocenters. The number of anilines is 4. The molecule has 0 aliphatic heterocycles. The zero-order valence-corrected chi connectivity index (χ0v) is 18.8. The highest BCUT2D eigenvalue weighted by Gasteiger charge is 2.21. The van der Waals surface area contributed by atoms with E-state index in [-0.39, 0.29) is 24.3 Å². The van der Waals surface area contributed by atoms with E-state index < -0.39 is 5.41 Å². The Labute approximate surface area is 184 Å². The molecule has 31 heavy (non-hydrogen) atoms. The molecule has 0 bridgehead atoms. The van der Waals surface area contributed by atoms with Gasteiger partial charge in [0.25, 0.3) is 0 Å². The Kier molecular flexibility index (Phi) is 8.19. The number of rotatable bonds is 8. The SMILES string of the molecule is CC(C)CC(=O)Nc1ccc(NC(=O)CNc2cccc(NC(=O)C(C)(C)C)c2)cc1. The number of nitrogens with one attached hydrogen (secondary N) is 4. The molecule has 0 aromatic heterocycles. The van der Waals surface area contributed by atoms with E-state index in [1.807, 2.05) is 46.8 Å². The monoisotopic (exact) mass is 424 g/mol. The van der Waals surface area contributed by atoms with Crippen LogP contribution in [0.15, 0.2) is 48.5 Å². The van der Waals surface area contributed by atoms with Gasteiger partial charge in [-0.2, -0.15) is 0 Å². The van der Waals surface area contributed by atoms with Crippen molar-refractivity contribution in [2.75, 3.05) is 27.8 Å². The molecule has 0 aliphatic rings. The number of benzene rings is 2. The van der Waals surface area contributed by atoms with Gasteiger partial charge in [0.05, 0.1) is 6.54 Å². The maximum absolute atomic E-state index is 12.3. The number of carbonyl (C=O) groups is 3. The van der Waals surface area contributed by atoms with Crippen LogP contribution in [0.25, 0.3) is 0 Å². The van der Waals surface area contributed by atoms with E-state index in [2.05, 4.69) is 21.3 Å². The molecule has 0 saturated heterocycles. The lowest BCUT2D eigenvalue weighted by atomic mass is 9.95. The molecule has 0 saturated carbocycles. The summed E-state index contributed by atoms with van der Waals surface area (Å²) in [6.07, 6.45) is 0.464. The molecule has 4 N–H and O–H groups in total. The third-order valence-electron chi connectivity index (χ3n) is 4.30. The molecule has 2 aromatic rings. The maximum atomic E-state index is 12.3. The fraction of sp³-hybridized carbons (Fsp3) is 0.375. The first-order valence-electron chi connectivity index (χ1n) is 10.4. The van der Waals surface area contributed by atoms with Gasteiger partial charge in [-0.05, 0) is 48.4 Å². The summed E-state index contributed by atoms with van der Waals surface area (Å²) in [7, 11) is 0. The van der Waals surface area contributed by atoms with Crippen LogP contribution >= 0.6 is 0 Å². The summed E-state index contributed by atoms with van der Waals surface area (Å²) in [5, 5.41) is 11.6. The van der Waals surface area contributed by atoms with Crippen LogP contribution in [0.5, 0.6) is 0 Å². The normalized spacial score (nSPS) is 11.0. The van der Waals surface area contributed by atoms with Gasteiger partial charge in [-0.15, -0.1) is 0 Å². The van der Waals surface area contributed by atoms with Crippen LogP contribution in [0.2, 0.25) is 0 Å². The van der Waals surface area contributed by atoms with E-state index in [0.717, 1.165) is 5.69 Å². The molecule has 2 aromatic carbocycles. The summed E-state index contributed by atoms with van der Waals surface area (Å²) in [6, 6.07) is 14.2. The van der Waals surface area contributed by atoms with Crippen molar-refractivity contribution in [3.05, 3.63) is 48.5 Å². The summed E-state index contributed by atoms with van der Waals surface area (Å²) in [4.78, 5) is 36.2. The first-order valence-corrected chi connectivity index (χ1v) is 10.4. The fourth-order valence-corrected chi connectivity index (χ4v) is 2.63. The molecule has 7 heteroatoms. The summed E-state index contributed by atoms with van der Waals surface area (Å²) >= 11 is 0. The Bertz CT molecular complexity index is 915. The molecule has 0 heterocycles. The topological polar surface area (TPSA) is 99.3 Å². The van der Waals surface area contributed by atoms with Crippen molar-refractivity contribution in [1.29, 1.82) is 0 Å². The summed E-state index contributed by atoms with van der Waals surface area (Å²) in [5.74, 6) is -0.0228.